The molecule has 0 amide bonds. The highest BCUT2D eigenvalue weighted by Crippen LogP contribution is 2.28. The van der Waals surface area contributed by atoms with E-state index >= 15 is 0 Å². The molecule has 5 nitrogen and oxygen atoms in total. The zero-order valence-corrected chi connectivity index (χ0v) is 11.5. The second-order valence-electron chi connectivity index (χ2n) is 4.09. The third kappa shape index (κ3) is 3.61. The van der Waals surface area contributed by atoms with Crippen LogP contribution in [0.3, 0.4) is 0 Å². The van der Waals surface area contributed by atoms with Gasteiger partial charge in [0.2, 0.25) is 0 Å². The molecule has 2 aromatic rings. The normalized spacial score (nSPS) is 10.9. The fourth-order valence-corrected chi connectivity index (χ4v) is 1.88. The minimum Gasteiger partial charge on any atom is -0.487 e. The van der Waals surface area contributed by atoms with Crippen LogP contribution in [0, 0.1) is 0 Å². The van der Waals surface area contributed by atoms with Crippen LogP contribution in [0.2, 0.25) is 5.02 Å². The molecule has 0 saturated carbocycles. The molecule has 0 aliphatic rings. The third-order valence-corrected chi connectivity index (χ3v) is 2.88. The lowest BCUT2D eigenvalue weighted by Gasteiger charge is -2.09. The van der Waals surface area contributed by atoms with Crippen molar-refractivity contribution in [3.05, 3.63) is 52.8 Å². The number of hydrogen-bond acceptors (Lipinski definition) is 3. The second kappa shape index (κ2) is 6.25. The quantitative estimate of drug-likeness (QED) is 0.861. The molecule has 0 atom stereocenters. The second-order valence-corrected chi connectivity index (χ2v) is 4.50. The number of carbonyl (C=O) groups is 1. The summed E-state index contributed by atoms with van der Waals surface area (Å²) in [6.07, 6.45) is 4.26. The van der Waals surface area contributed by atoms with Crippen LogP contribution in [-0.4, -0.2) is 20.9 Å². The first-order chi connectivity index (χ1) is 9.56. The minimum atomic E-state index is -1.04. The van der Waals surface area contributed by atoms with Crippen LogP contribution in [0.25, 0.3) is 6.08 Å². The number of benzene rings is 1. The maximum absolute atomic E-state index is 10.6. The highest BCUT2D eigenvalue weighted by Gasteiger charge is 2.07. The third-order valence-electron chi connectivity index (χ3n) is 2.55. The van der Waals surface area contributed by atoms with Gasteiger partial charge in [-0.05, 0) is 24.3 Å². The van der Waals surface area contributed by atoms with Gasteiger partial charge in [-0.2, -0.15) is 5.10 Å². The van der Waals surface area contributed by atoms with E-state index in [1.165, 1.54) is 6.08 Å². The molecule has 0 aliphatic carbocycles. The molecule has 0 spiro atoms. The first-order valence-corrected chi connectivity index (χ1v) is 6.25. The summed E-state index contributed by atoms with van der Waals surface area (Å²) >= 11 is 6.05. The van der Waals surface area contributed by atoms with Gasteiger partial charge in [0.15, 0.2) is 0 Å². The van der Waals surface area contributed by atoms with E-state index in [2.05, 4.69) is 5.10 Å². The largest absolute Gasteiger partial charge is 0.487 e. The Kier molecular flexibility index (Phi) is 4.42. The number of carboxylic acids is 1. The predicted octanol–water partition coefficient (Wildman–Crippen LogP) is 2.75. The summed E-state index contributed by atoms with van der Waals surface area (Å²) in [5, 5.41) is 13.3. The summed E-state index contributed by atoms with van der Waals surface area (Å²) in [6.45, 7) is 0.287. The van der Waals surface area contributed by atoms with Crippen molar-refractivity contribution in [2.75, 3.05) is 0 Å². The van der Waals surface area contributed by atoms with Gasteiger partial charge in [0, 0.05) is 24.9 Å². The van der Waals surface area contributed by atoms with Crippen LogP contribution >= 0.6 is 11.6 Å². The number of rotatable bonds is 5. The molecule has 0 unspecified atom stereocenters. The van der Waals surface area contributed by atoms with E-state index in [1.54, 1.807) is 22.9 Å². The van der Waals surface area contributed by atoms with Gasteiger partial charge in [0.1, 0.15) is 12.4 Å². The maximum atomic E-state index is 10.6. The first kappa shape index (κ1) is 14.1. The number of halogens is 1. The lowest BCUT2D eigenvalue weighted by Crippen LogP contribution is -1.99. The maximum Gasteiger partial charge on any atom is 0.328 e. The van der Waals surface area contributed by atoms with Crippen LogP contribution in [0.4, 0.5) is 0 Å². The van der Waals surface area contributed by atoms with E-state index in [9.17, 15) is 4.79 Å². The number of hydrogen-bond donors (Lipinski definition) is 1. The van der Waals surface area contributed by atoms with Crippen molar-refractivity contribution in [2.24, 2.45) is 7.05 Å². The summed E-state index contributed by atoms with van der Waals surface area (Å²) in [6, 6.07) is 7.00. The first-order valence-electron chi connectivity index (χ1n) is 5.87. The van der Waals surface area contributed by atoms with Crippen molar-refractivity contribution >= 4 is 23.6 Å². The van der Waals surface area contributed by atoms with Gasteiger partial charge >= 0.3 is 5.97 Å². The van der Waals surface area contributed by atoms with E-state index in [1.807, 2.05) is 19.3 Å². The van der Waals surface area contributed by atoms with Crippen molar-refractivity contribution in [2.45, 2.75) is 6.61 Å². The molecule has 1 N–H and O–H groups in total. The Morgan fingerprint density at radius 3 is 2.95 bits per heavy atom. The summed E-state index contributed by atoms with van der Waals surface area (Å²) in [5.74, 6) is -0.527. The number of ether oxygens (including phenoxy) is 1. The van der Waals surface area contributed by atoms with Crippen LogP contribution < -0.4 is 4.74 Å². The van der Waals surface area contributed by atoms with Crippen molar-refractivity contribution < 1.29 is 14.6 Å². The molecule has 1 heterocycles. The molecule has 0 fully saturated rings. The number of carboxylic acid groups (broad SMARTS) is 1. The van der Waals surface area contributed by atoms with Gasteiger partial charge in [-0.25, -0.2) is 4.79 Å². The van der Waals surface area contributed by atoms with E-state index in [4.69, 9.17) is 21.4 Å². The molecule has 20 heavy (non-hydrogen) atoms. The lowest BCUT2D eigenvalue weighted by molar-refractivity contribution is -0.131. The Balaban J connectivity index is 2.18. The van der Waals surface area contributed by atoms with E-state index in [-0.39, 0.29) is 6.61 Å². The van der Waals surface area contributed by atoms with Gasteiger partial charge in [0.25, 0.3) is 0 Å². The number of aryl methyl sites for hydroxylation is 1. The van der Waals surface area contributed by atoms with Crippen LogP contribution in [-0.2, 0) is 18.4 Å². The minimum absolute atomic E-state index is 0.287. The number of aliphatic carboxylic acids is 1. The standard InChI is InChI=1S/C14H13ClN2O3/c1-17-8-7-10(16-17)9-20-13-4-2-3-12(15)11(13)5-6-14(18)19/h2-8H,9H2,1H3,(H,18,19)/b6-5+. The average Bonchev–Trinajstić information content (AvgIpc) is 2.81. The summed E-state index contributed by atoms with van der Waals surface area (Å²) in [4.78, 5) is 10.6. The SMILES string of the molecule is Cn1ccc(COc2cccc(Cl)c2/C=C/C(=O)O)n1. The van der Waals surface area contributed by atoms with Gasteiger partial charge in [-0.15, -0.1) is 0 Å². The van der Waals surface area contributed by atoms with Gasteiger partial charge < -0.3 is 9.84 Å². The molecule has 2 rings (SSSR count). The number of aromatic nitrogens is 2. The summed E-state index contributed by atoms with van der Waals surface area (Å²) < 4.78 is 7.33. The van der Waals surface area contributed by atoms with Crippen molar-refractivity contribution in [3.63, 3.8) is 0 Å². The molecule has 6 heteroatoms. The summed E-state index contributed by atoms with van der Waals surface area (Å²) in [5.41, 5.74) is 1.31. The zero-order valence-electron chi connectivity index (χ0n) is 10.8. The molecule has 0 bridgehead atoms. The average molecular weight is 293 g/mol. The Morgan fingerprint density at radius 1 is 1.50 bits per heavy atom. The van der Waals surface area contributed by atoms with Crippen molar-refractivity contribution in [1.29, 1.82) is 0 Å². The zero-order chi connectivity index (χ0) is 14.5. The molecular weight excluding hydrogens is 280 g/mol. The lowest BCUT2D eigenvalue weighted by atomic mass is 10.2. The monoisotopic (exact) mass is 292 g/mol. The summed E-state index contributed by atoms with van der Waals surface area (Å²) in [7, 11) is 1.82. The Labute approximate surface area is 121 Å². The van der Waals surface area contributed by atoms with Crippen molar-refractivity contribution in [3.8, 4) is 5.75 Å². The van der Waals surface area contributed by atoms with Gasteiger partial charge in [-0.3, -0.25) is 4.68 Å². The van der Waals surface area contributed by atoms with Gasteiger partial charge in [-0.1, -0.05) is 17.7 Å². The predicted molar refractivity (Wildman–Crippen MR) is 75.7 cm³/mol. The molecule has 0 aliphatic heterocycles. The molecule has 104 valence electrons. The molecular formula is C14H13ClN2O3. The molecule has 1 aromatic heterocycles. The Hall–Kier alpha value is -2.27. The Morgan fingerprint density at radius 2 is 2.30 bits per heavy atom. The van der Waals surface area contributed by atoms with Crippen LogP contribution in [0.1, 0.15) is 11.3 Å². The smallest absolute Gasteiger partial charge is 0.328 e. The van der Waals surface area contributed by atoms with Crippen molar-refractivity contribution in [1.82, 2.24) is 9.78 Å². The molecule has 0 saturated heterocycles. The Bertz CT molecular complexity index is 650. The molecule has 0 radical (unpaired) electrons. The number of nitrogens with zero attached hydrogens (tertiary/aromatic N) is 2. The fourth-order valence-electron chi connectivity index (χ4n) is 1.65. The highest BCUT2D eigenvalue weighted by atomic mass is 35.5. The van der Waals surface area contributed by atoms with Crippen LogP contribution in [0.15, 0.2) is 36.5 Å². The molecule has 1 aromatic carbocycles. The van der Waals surface area contributed by atoms with E-state index < -0.39 is 5.97 Å². The highest BCUT2D eigenvalue weighted by molar-refractivity contribution is 6.32. The van der Waals surface area contributed by atoms with E-state index in [0.29, 0.717) is 16.3 Å². The van der Waals surface area contributed by atoms with Gasteiger partial charge in [0.05, 0.1) is 10.7 Å². The fraction of sp³-hybridized carbons (Fsp3) is 0.143. The van der Waals surface area contributed by atoms with E-state index in [0.717, 1.165) is 11.8 Å². The topological polar surface area (TPSA) is 64.3 Å². The van der Waals surface area contributed by atoms with Crippen LogP contribution in [0.5, 0.6) is 5.75 Å².